The zero-order valence-electron chi connectivity index (χ0n) is 18.4. The van der Waals surface area contributed by atoms with Crippen molar-refractivity contribution in [3.05, 3.63) is 40.8 Å². The summed E-state index contributed by atoms with van der Waals surface area (Å²) in [6, 6.07) is 5.75. The minimum atomic E-state index is -0.0960. The van der Waals surface area contributed by atoms with E-state index in [1.807, 2.05) is 59.7 Å². The highest BCUT2D eigenvalue weighted by Crippen LogP contribution is 2.29. The van der Waals surface area contributed by atoms with E-state index in [9.17, 15) is 4.79 Å². The Balaban J connectivity index is 0.00000145. The lowest BCUT2D eigenvalue weighted by molar-refractivity contribution is 0.0940. The summed E-state index contributed by atoms with van der Waals surface area (Å²) < 4.78 is 11.7. The second-order valence-electron chi connectivity index (χ2n) is 6.90. The highest BCUT2D eigenvalue weighted by Gasteiger charge is 2.23. The Bertz CT molecular complexity index is 890. The van der Waals surface area contributed by atoms with E-state index in [2.05, 4.69) is 15.6 Å². The topological polar surface area (TPSA) is 75.9 Å². The Morgan fingerprint density at radius 3 is 2.79 bits per heavy atom. The van der Waals surface area contributed by atoms with Gasteiger partial charge in [0.05, 0.1) is 5.56 Å². The van der Waals surface area contributed by atoms with Crippen molar-refractivity contribution in [2.75, 3.05) is 19.7 Å². The number of rotatable bonds is 6. The van der Waals surface area contributed by atoms with Crippen molar-refractivity contribution in [2.45, 2.75) is 54.0 Å². The monoisotopic (exact) mass is 399 g/mol. The standard InChI is InChI=1S/C21H27N3O3.C2H6/c1-5-23-14(3)13(2)12-26-17-6-7-19-18(10-17)20(15(4)27-19)21(25)24-16-8-9-22-11-16;1-2/h5-7,10,16,22H,8-9,11-12H2,1-4H3,(H,24,25);1-2H3/b14-13+,23-5?;. The molecule has 1 aliphatic heterocycles. The molecule has 0 spiro atoms. The molecule has 6 heteroatoms. The van der Waals surface area contributed by atoms with Crippen LogP contribution in [0.5, 0.6) is 5.75 Å². The van der Waals surface area contributed by atoms with Gasteiger partial charge in [-0.2, -0.15) is 0 Å². The molecule has 1 aromatic heterocycles. The molecule has 0 radical (unpaired) electrons. The summed E-state index contributed by atoms with van der Waals surface area (Å²) in [5.74, 6) is 1.23. The summed E-state index contributed by atoms with van der Waals surface area (Å²) in [5.41, 5.74) is 3.28. The molecule has 1 fully saturated rings. The normalized spacial score (nSPS) is 17.1. The van der Waals surface area contributed by atoms with Crippen molar-refractivity contribution >= 4 is 23.1 Å². The van der Waals surface area contributed by atoms with Crippen molar-refractivity contribution in [2.24, 2.45) is 4.99 Å². The van der Waals surface area contributed by atoms with Gasteiger partial charge in [-0.25, -0.2) is 0 Å². The first-order valence-electron chi connectivity index (χ1n) is 10.3. The second-order valence-corrected chi connectivity index (χ2v) is 6.90. The van der Waals surface area contributed by atoms with Gasteiger partial charge in [0.1, 0.15) is 23.7 Å². The molecule has 1 saturated heterocycles. The first-order valence-corrected chi connectivity index (χ1v) is 10.3. The fourth-order valence-corrected chi connectivity index (χ4v) is 3.21. The van der Waals surface area contributed by atoms with Crippen LogP contribution in [-0.2, 0) is 0 Å². The van der Waals surface area contributed by atoms with E-state index >= 15 is 0 Å². The van der Waals surface area contributed by atoms with E-state index in [-0.39, 0.29) is 11.9 Å². The third-order valence-electron chi connectivity index (χ3n) is 4.85. The van der Waals surface area contributed by atoms with Crippen LogP contribution >= 0.6 is 0 Å². The fraction of sp³-hybridized carbons (Fsp3) is 0.478. The molecule has 0 bridgehead atoms. The molecule has 2 aromatic rings. The number of fused-ring (bicyclic) bond motifs is 1. The van der Waals surface area contributed by atoms with Crippen LogP contribution in [0.25, 0.3) is 11.0 Å². The van der Waals surface area contributed by atoms with Gasteiger partial charge in [0.15, 0.2) is 0 Å². The molecule has 6 nitrogen and oxygen atoms in total. The first kappa shape index (κ1) is 22.7. The summed E-state index contributed by atoms with van der Waals surface area (Å²) in [7, 11) is 0. The number of benzene rings is 1. The lowest BCUT2D eigenvalue weighted by Gasteiger charge is -2.11. The molecule has 1 aliphatic rings. The second kappa shape index (κ2) is 10.8. The van der Waals surface area contributed by atoms with Crippen LogP contribution in [-0.4, -0.2) is 37.9 Å². The average Bonchev–Trinajstić information content (AvgIpc) is 3.34. The molecular weight excluding hydrogens is 366 g/mol. The molecule has 0 aliphatic carbocycles. The maximum absolute atomic E-state index is 12.8. The zero-order chi connectivity index (χ0) is 21.4. The van der Waals surface area contributed by atoms with Gasteiger partial charge in [0.25, 0.3) is 5.91 Å². The largest absolute Gasteiger partial charge is 0.489 e. The Morgan fingerprint density at radius 1 is 1.38 bits per heavy atom. The Labute approximate surface area is 173 Å². The maximum atomic E-state index is 12.8. The van der Waals surface area contributed by atoms with Crippen LogP contribution in [0.2, 0.25) is 0 Å². The predicted molar refractivity (Wildman–Crippen MR) is 119 cm³/mol. The van der Waals surface area contributed by atoms with E-state index in [0.29, 0.717) is 29.3 Å². The van der Waals surface area contributed by atoms with Crippen LogP contribution in [0, 0.1) is 6.92 Å². The van der Waals surface area contributed by atoms with E-state index in [4.69, 9.17) is 9.15 Å². The minimum Gasteiger partial charge on any atom is -0.489 e. The van der Waals surface area contributed by atoms with Crippen molar-refractivity contribution in [1.82, 2.24) is 10.6 Å². The van der Waals surface area contributed by atoms with E-state index in [0.717, 1.165) is 36.2 Å². The lowest BCUT2D eigenvalue weighted by atomic mass is 10.1. The Kier molecular flexibility index (Phi) is 8.46. The number of nitrogens with one attached hydrogen (secondary N) is 2. The van der Waals surface area contributed by atoms with Gasteiger partial charge in [0, 0.05) is 29.9 Å². The number of amides is 1. The summed E-state index contributed by atoms with van der Waals surface area (Å²) in [5, 5.41) is 7.12. The Morgan fingerprint density at radius 2 is 2.14 bits per heavy atom. The smallest absolute Gasteiger partial charge is 0.255 e. The third kappa shape index (κ3) is 5.70. The number of hydrogen-bond donors (Lipinski definition) is 2. The molecule has 2 heterocycles. The van der Waals surface area contributed by atoms with Crippen molar-refractivity contribution in [1.29, 1.82) is 0 Å². The number of carbonyl (C=O) groups excluding carboxylic acids is 1. The maximum Gasteiger partial charge on any atom is 0.255 e. The highest BCUT2D eigenvalue weighted by molar-refractivity contribution is 6.07. The zero-order valence-corrected chi connectivity index (χ0v) is 18.4. The van der Waals surface area contributed by atoms with Crippen LogP contribution < -0.4 is 15.4 Å². The summed E-state index contributed by atoms with van der Waals surface area (Å²) >= 11 is 0. The molecule has 29 heavy (non-hydrogen) atoms. The van der Waals surface area contributed by atoms with Crippen molar-refractivity contribution < 1.29 is 13.9 Å². The number of carbonyl (C=O) groups is 1. The number of allylic oxidation sites excluding steroid dienone is 1. The molecule has 1 amide bonds. The quantitative estimate of drug-likeness (QED) is 0.695. The van der Waals surface area contributed by atoms with Crippen molar-refractivity contribution in [3.63, 3.8) is 0 Å². The summed E-state index contributed by atoms with van der Waals surface area (Å²) in [4.78, 5) is 17.0. The fourth-order valence-electron chi connectivity index (χ4n) is 3.21. The van der Waals surface area contributed by atoms with Crippen LogP contribution in [0.3, 0.4) is 0 Å². The van der Waals surface area contributed by atoms with Crippen LogP contribution in [0.15, 0.2) is 38.9 Å². The van der Waals surface area contributed by atoms with Gasteiger partial charge in [0.2, 0.25) is 0 Å². The minimum absolute atomic E-state index is 0.0960. The highest BCUT2D eigenvalue weighted by atomic mass is 16.5. The number of ether oxygens (including phenoxy) is 1. The van der Waals surface area contributed by atoms with Crippen LogP contribution in [0.4, 0.5) is 0 Å². The van der Waals surface area contributed by atoms with Gasteiger partial charge >= 0.3 is 0 Å². The van der Waals surface area contributed by atoms with E-state index in [1.54, 1.807) is 6.21 Å². The van der Waals surface area contributed by atoms with Gasteiger partial charge in [-0.1, -0.05) is 13.8 Å². The third-order valence-corrected chi connectivity index (χ3v) is 4.85. The van der Waals surface area contributed by atoms with Crippen molar-refractivity contribution in [3.8, 4) is 5.75 Å². The van der Waals surface area contributed by atoms with Gasteiger partial charge in [-0.05, 0) is 64.4 Å². The summed E-state index contributed by atoms with van der Waals surface area (Å²) in [6.45, 7) is 13.9. The van der Waals surface area contributed by atoms with Gasteiger partial charge in [-0.15, -0.1) is 0 Å². The Hall–Kier alpha value is -2.60. The number of furan rings is 1. The molecule has 2 N–H and O–H groups in total. The SMILES string of the molecule is CC.CC=N/C(C)=C(\C)COc1ccc2oc(C)c(C(=O)NC3CCNC3)c2c1. The first-order chi connectivity index (χ1) is 14.0. The molecule has 0 saturated carbocycles. The van der Waals surface area contributed by atoms with E-state index in [1.165, 1.54) is 0 Å². The molecule has 1 atom stereocenters. The summed E-state index contributed by atoms with van der Waals surface area (Å²) in [6.07, 6.45) is 2.71. The number of nitrogens with zero attached hydrogens (tertiary/aromatic N) is 1. The lowest BCUT2D eigenvalue weighted by Crippen LogP contribution is -2.36. The van der Waals surface area contributed by atoms with Gasteiger partial charge < -0.3 is 19.8 Å². The predicted octanol–water partition coefficient (Wildman–Crippen LogP) is 4.62. The van der Waals surface area contributed by atoms with Gasteiger partial charge in [-0.3, -0.25) is 9.79 Å². The average molecular weight is 400 g/mol. The molecule has 1 unspecified atom stereocenters. The molecule has 1 aromatic carbocycles. The molecular formula is C23H33N3O3. The molecule has 158 valence electrons. The number of hydrogen-bond acceptors (Lipinski definition) is 5. The van der Waals surface area contributed by atoms with Crippen LogP contribution in [0.1, 0.15) is 57.2 Å². The number of aliphatic imine (C=N–C) groups is 1. The van der Waals surface area contributed by atoms with E-state index < -0.39 is 0 Å². The molecule has 3 rings (SSSR count). The number of aryl methyl sites for hydroxylation is 1.